The minimum Gasteiger partial charge on any atom is -0.393 e. The minimum atomic E-state index is -0.270. The number of nitrogens with zero attached hydrogens (tertiary/aromatic N) is 8. The normalized spacial score (nSPS) is 19.6. The van der Waals surface area contributed by atoms with Crippen LogP contribution in [0.4, 0.5) is 11.6 Å². The molecule has 11 nitrogen and oxygen atoms in total. The monoisotopic (exact) mass is 613 g/mol. The number of likely N-dealkylation sites (N-methyl/N-ethyl adjacent to an activating group) is 2. The van der Waals surface area contributed by atoms with Gasteiger partial charge in [0.15, 0.2) is 0 Å². The van der Waals surface area contributed by atoms with Gasteiger partial charge in [0, 0.05) is 74.0 Å². The van der Waals surface area contributed by atoms with Crippen molar-refractivity contribution in [3.8, 4) is 11.3 Å². The molecule has 0 bridgehead atoms. The average molecular weight is 614 g/mol. The SMILES string of the molecule is Cc1c(-c2cc(C(=O)Nc3nc4ccc(N5CCC(N(C)CCN(C)C)CC5)cc4n3C3CCC(O)CC3)ccn2)cnn1C. The van der Waals surface area contributed by atoms with Gasteiger partial charge in [-0.3, -0.25) is 19.8 Å². The molecule has 0 spiro atoms. The van der Waals surface area contributed by atoms with Crippen molar-refractivity contribution in [2.24, 2.45) is 7.05 Å². The van der Waals surface area contributed by atoms with E-state index in [2.05, 4.69) is 74.0 Å². The second-order valence-electron chi connectivity index (χ2n) is 13.1. The Balaban J connectivity index is 1.25. The summed E-state index contributed by atoms with van der Waals surface area (Å²) in [5.74, 6) is 0.318. The Morgan fingerprint density at radius 2 is 1.78 bits per heavy atom. The number of aryl methyl sites for hydroxylation is 1. The van der Waals surface area contributed by atoms with Gasteiger partial charge in [0.1, 0.15) is 0 Å². The predicted molar refractivity (Wildman–Crippen MR) is 179 cm³/mol. The number of nitrogens with one attached hydrogen (secondary N) is 1. The fraction of sp³-hybridized carbons (Fsp3) is 0.529. The summed E-state index contributed by atoms with van der Waals surface area (Å²) in [6.45, 7) is 6.16. The number of aromatic nitrogens is 5. The first kappa shape index (κ1) is 31.2. The fourth-order valence-corrected chi connectivity index (χ4v) is 6.80. The minimum absolute atomic E-state index is 0.145. The lowest BCUT2D eigenvalue weighted by atomic mass is 9.93. The van der Waals surface area contributed by atoms with Crippen LogP contribution in [0, 0.1) is 6.92 Å². The molecule has 2 N–H and O–H groups in total. The predicted octanol–water partition coefficient (Wildman–Crippen LogP) is 4.33. The molecular formula is C34H47N9O2. The Morgan fingerprint density at radius 3 is 2.47 bits per heavy atom. The van der Waals surface area contributed by atoms with Gasteiger partial charge in [0.2, 0.25) is 5.95 Å². The number of imidazole rings is 1. The summed E-state index contributed by atoms with van der Waals surface area (Å²) in [5, 5.41) is 17.7. The van der Waals surface area contributed by atoms with Gasteiger partial charge in [-0.05, 0) is 96.9 Å². The maximum Gasteiger partial charge on any atom is 0.258 e. The first-order valence-electron chi connectivity index (χ1n) is 16.2. The molecule has 0 atom stereocenters. The molecule has 6 rings (SSSR count). The van der Waals surface area contributed by atoms with Crippen molar-refractivity contribution in [1.29, 1.82) is 0 Å². The average Bonchev–Trinajstić information content (AvgIpc) is 3.58. The molecule has 1 aromatic carbocycles. The van der Waals surface area contributed by atoms with Crippen LogP contribution >= 0.6 is 0 Å². The highest BCUT2D eigenvalue weighted by Crippen LogP contribution is 2.36. The number of anilines is 2. The van der Waals surface area contributed by atoms with Gasteiger partial charge in [-0.2, -0.15) is 5.10 Å². The molecule has 1 saturated carbocycles. The zero-order chi connectivity index (χ0) is 31.7. The number of hydrogen-bond acceptors (Lipinski definition) is 8. The van der Waals surface area contributed by atoms with Gasteiger partial charge in [-0.25, -0.2) is 4.98 Å². The molecule has 2 fully saturated rings. The molecule has 1 aliphatic carbocycles. The van der Waals surface area contributed by atoms with E-state index in [-0.39, 0.29) is 18.1 Å². The molecule has 240 valence electrons. The quantitative estimate of drug-likeness (QED) is 0.287. The van der Waals surface area contributed by atoms with Gasteiger partial charge in [0.05, 0.1) is 29.0 Å². The van der Waals surface area contributed by atoms with Crippen LogP contribution in [-0.4, -0.2) is 105 Å². The lowest BCUT2D eigenvalue weighted by molar-refractivity contribution is 0.102. The number of benzene rings is 1. The van der Waals surface area contributed by atoms with E-state index in [0.717, 1.165) is 87.0 Å². The van der Waals surface area contributed by atoms with Crippen LogP contribution in [0.15, 0.2) is 42.7 Å². The molecule has 11 heteroatoms. The smallest absolute Gasteiger partial charge is 0.258 e. The largest absolute Gasteiger partial charge is 0.393 e. The number of hydrogen-bond donors (Lipinski definition) is 2. The number of piperidine rings is 1. The highest BCUT2D eigenvalue weighted by molar-refractivity contribution is 6.04. The topological polar surface area (TPSA) is 108 Å². The summed E-state index contributed by atoms with van der Waals surface area (Å²) < 4.78 is 4.01. The summed E-state index contributed by atoms with van der Waals surface area (Å²) in [7, 11) is 8.40. The van der Waals surface area contributed by atoms with Crippen LogP contribution in [0.25, 0.3) is 22.3 Å². The number of amides is 1. The van der Waals surface area contributed by atoms with Crippen LogP contribution in [0.5, 0.6) is 0 Å². The summed E-state index contributed by atoms with van der Waals surface area (Å²) >= 11 is 0. The molecule has 1 amide bonds. The first-order chi connectivity index (χ1) is 21.7. The van der Waals surface area contributed by atoms with Gasteiger partial charge < -0.3 is 24.4 Å². The number of rotatable bonds is 9. The van der Waals surface area contributed by atoms with E-state index < -0.39 is 0 Å². The van der Waals surface area contributed by atoms with Crippen LogP contribution in [0.1, 0.15) is 60.6 Å². The molecule has 1 saturated heterocycles. The standard InChI is InChI=1S/C34H47N9O2/c1-23-29(22-36-41(23)5)31-20-24(12-15-35-31)33(45)38-34-37-30-11-8-27(21-32(30)43(34)26-6-9-28(44)10-7-26)42-16-13-25(14-17-42)40(4)19-18-39(2)3/h8,11-12,15,20-22,25-26,28,44H,6-7,9-10,13-14,16-19H2,1-5H3,(H,37,38,45). The van der Waals surface area contributed by atoms with Gasteiger partial charge in [0.25, 0.3) is 5.91 Å². The molecule has 0 unspecified atom stereocenters. The maximum atomic E-state index is 13.7. The van der Waals surface area contributed by atoms with E-state index in [1.807, 2.05) is 20.0 Å². The molecule has 3 aromatic heterocycles. The van der Waals surface area contributed by atoms with Crippen molar-refractivity contribution in [2.45, 2.75) is 63.6 Å². The molecule has 2 aliphatic rings. The third-order valence-electron chi connectivity index (χ3n) is 9.82. The van der Waals surface area contributed by atoms with Crippen molar-refractivity contribution >= 4 is 28.6 Å². The molecule has 1 aliphatic heterocycles. The molecule has 0 radical (unpaired) electrons. The molecule has 4 heterocycles. The van der Waals surface area contributed by atoms with E-state index in [0.29, 0.717) is 23.2 Å². The maximum absolute atomic E-state index is 13.7. The van der Waals surface area contributed by atoms with Crippen molar-refractivity contribution in [2.75, 3.05) is 57.5 Å². The van der Waals surface area contributed by atoms with E-state index in [1.165, 1.54) is 5.69 Å². The van der Waals surface area contributed by atoms with Crippen molar-refractivity contribution in [3.05, 3.63) is 54.0 Å². The second kappa shape index (κ2) is 13.3. The lowest BCUT2D eigenvalue weighted by Gasteiger charge is -2.38. The number of carbonyl (C=O) groups is 1. The van der Waals surface area contributed by atoms with Crippen LogP contribution in [0.3, 0.4) is 0 Å². The number of aliphatic hydroxyl groups excluding tert-OH is 1. The summed E-state index contributed by atoms with van der Waals surface area (Å²) in [6, 6.07) is 10.8. The zero-order valence-electron chi connectivity index (χ0n) is 27.3. The van der Waals surface area contributed by atoms with Crippen molar-refractivity contribution < 1.29 is 9.90 Å². The summed E-state index contributed by atoms with van der Waals surface area (Å²) in [6.07, 6.45) is 8.60. The van der Waals surface area contributed by atoms with Gasteiger partial charge in [-0.15, -0.1) is 0 Å². The Morgan fingerprint density at radius 1 is 1.02 bits per heavy atom. The van der Waals surface area contributed by atoms with Crippen molar-refractivity contribution in [3.63, 3.8) is 0 Å². The zero-order valence-corrected chi connectivity index (χ0v) is 27.3. The van der Waals surface area contributed by atoms with Crippen LogP contribution in [-0.2, 0) is 7.05 Å². The Bertz CT molecular complexity index is 1630. The second-order valence-corrected chi connectivity index (χ2v) is 13.1. The van der Waals surface area contributed by atoms with Crippen LogP contribution in [0.2, 0.25) is 0 Å². The highest BCUT2D eigenvalue weighted by Gasteiger charge is 2.28. The molecule has 4 aromatic rings. The number of fused-ring (bicyclic) bond motifs is 1. The summed E-state index contributed by atoms with van der Waals surface area (Å²) in [5.41, 5.74) is 6.18. The highest BCUT2D eigenvalue weighted by atomic mass is 16.3. The van der Waals surface area contributed by atoms with Crippen LogP contribution < -0.4 is 10.2 Å². The Hall–Kier alpha value is -3.80. The molecule has 45 heavy (non-hydrogen) atoms. The Kier molecular flexibility index (Phi) is 9.21. The summed E-state index contributed by atoms with van der Waals surface area (Å²) in [4.78, 5) is 30.3. The Labute approximate surface area is 265 Å². The molecular weight excluding hydrogens is 566 g/mol. The van der Waals surface area contributed by atoms with Gasteiger partial charge in [-0.1, -0.05) is 0 Å². The third-order valence-corrected chi connectivity index (χ3v) is 9.82. The third kappa shape index (κ3) is 6.75. The van der Waals surface area contributed by atoms with E-state index in [4.69, 9.17) is 4.98 Å². The first-order valence-corrected chi connectivity index (χ1v) is 16.2. The number of aliphatic hydroxyl groups is 1. The lowest BCUT2D eigenvalue weighted by Crippen LogP contribution is -2.45. The number of pyridine rings is 1. The fourth-order valence-electron chi connectivity index (χ4n) is 6.80. The van der Waals surface area contributed by atoms with E-state index >= 15 is 0 Å². The van der Waals surface area contributed by atoms with Crippen molar-refractivity contribution in [1.82, 2.24) is 34.1 Å². The van der Waals surface area contributed by atoms with E-state index in [9.17, 15) is 9.90 Å². The van der Waals surface area contributed by atoms with E-state index in [1.54, 1.807) is 23.1 Å². The van der Waals surface area contributed by atoms with Gasteiger partial charge >= 0.3 is 0 Å². The number of carbonyl (C=O) groups excluding carboxylic acids is 1.